The first-order valence-corrected chi connectivity index (χ1v) is 14.7. The van der Waals surface area contributed by atoms with Crippen molar-refractivity contribution in [1.29, 1.82) is 5.26 Å². The van der Waals surface area contributed by atoms with Gasteiger partial charge in [-0.2, -0.15) is 23.5 Å². The highest BCUT2D eigenvalue weighted by atomic mass is 19.4. The molecule has 7 rings (SSSR count). The standard InChI is InChI=1S/C28H33F3N6O4/c1-2-35-25-21(20(13-3-4-13)22(26(35)39)33-24(38)17-11-18(17)28(29,30)31)23(34-37(25)15-5-7-41-8-6-15)27(40)36-16(12-32)9-14-10-19(14)36/h13-20,22H,2-11H2,1H3,(H,33,38)/t14-,16-,17?,18?,19+,20-,22-/m0/s1. The summed E-state index contributed by atoms with van der Waals surface area (Å²) in [5.74, 6) is -4.17. The van der Waals surface area contributed by atoms with Crippen LogP contribution in [-0.2, 0) is 14.3 Å². The summed E-state index contributed by atoms with van der Waals surface area (Å²) in [6.07, 6.45) is -0.429. The average Bonchev–Trinajstić information content (AvgIpc) is 3.86. The van der Waals surface area contributed by atoms with Gasteiger partial charge in [0.05, 0.1) is 23.9 Å². The van der Waals surface area contributed by atoms with Crippen LogP contribution in [0.4, 0.5) is 19.0 Å². The molecule has 0 spiro atoms. The lowest BCUT2D eigenvalue weighted by molar-refractivity contribution is -0.155. The second kappa shape index (κ2) is 9.44. The fourth-order valence-corrected chi connectivity index (χ4v) is 7.46. The minimum Gasteiger partial charge on any atom is -0.381 e. The van der Waals surface area contributed by atoms with Crippen molar-refractivity contribution in [3.05, 3.63) is 11.3 Å². The molecule has 1 aromatic heterocycles. The molecule has 3 aliphatic heterocycles. The topological polar surface area (TPSA) is 121 Å². The molecular weight excluding hydrogens is 541 g/mol. The molecule has 2 unspecified atom stereocenters. The highest BCUT2D eigenvalue weighted by Crippen LogP contribution is 2.55. The Hall–Kier alpha value is -3.14. The van der Waals surface area contributed by atoms with E-state index in [-0.39, 0.29) is 48.5 Å². The van der Waals surface area contributed by atoms with Crippen LogP contribution in [0.25, 0.3) is 0 Å². The summed E-state index contributed by atoms with van der Waals surface area (Å²) >= 11 is 0. The van der Waals surface area contributed by atoms with Gasteiger partial charge in [-0.3, -0.25) is 19.3 Å². The van der Waals surface area contributed by atoms with Crippen molar-refractivity contribution in [3.8, 4) is 6.07 Å². The van der Waals surface area contributed by atoms with Gasteiger partial charge >= 0.3 is 6.18 Å². The number of nitrogens with zero attached hydrogens (tertiary/aromatic N) is 5. The average molecular weight is 575 g/mol. The number of anilines is 1. The summed E-state index contributed by atoms with van der Waals surface area (Å²) in [7, 11) is 0. The molecular formula is C28H33F3N6O4. The Bertz CT molecular complexity index is 1330. The van der Waals surface area contributed by atoms with E-state index in [1.54, 1.807) is 16.5 Å². The molecule has 3 aliphatic carbocycles. The van der Waals surface area contributed by atoms with Crippen LogP contribution >= 0.6 is 0 Å². The van der Waals surface area contributed by atoms with Crippen LogP contribution in [-0.4, -0.2) is 76.5 Å². The third-order valence-electron chi connectivity index (χ3n) is 9.92. The number of rotatable bonds is 6. The molecule has 0 bridgehead atoms. The van der Waals surface area contributed by atoms with Gasteiger partial charge in [0.1, 0.15) is 17.9 Å². The molecule has 0 radical (unpaired) electrons. The molecule has 5 fully saturated rings. The molecule has 2 saturated heterocycles. The van der Waals surface area contributed by atoms with Crippen molar-refractivity contribution in [3.63, 3.8) is 0 Å². The van der Waals surface area contributed by atoms with Crippen LogP contribution in [0.15, 0.2) is 0 Å². The second-order valence-corrected chi connectivity index (χ2v) is 12.5. The molecule has 13 heteroatoms. The predicted octanol–water partition coefficient (Wildman–Crippen LogP) is 2.90. The maximum Gasteiger partial charge on any atom is 0.392 e. The van der Waals surface area contributed by atoms with E-state index in [2.05, 4.69) is 11.4 Å². The van der Waals surface area contributed by atoms with Gasteiger partial charge in [0.25, 0.3) is 11.8 Å². The molecule has 1 aromatic rings. The number of carbonyl (C=O) groups excluding carboxylic acids is 3. The largest absolute Gasteiger partial charge is 0.392 e. The molecule has 10 nitrogen and oxygen atoms in total. The summed E-state index contributed by atoms with van der Waals surface area (Å²) in [6, 6.07) is 0.509. The van der Waals surface area contributed by atoms with Gasteiger partial charge in [0.15, 0.2) is 5.69 Å². The van der Waals surface area contributed by atoms with Gasteiger partial charge in [-0.25, -0.2) is 4.68 Å². The first-order chi connectivity index (χ1) is 19.6. The van der Waals surface area contributed by atoms with Crippen molar-refractivity contribution in [1.82, 2.24) is 20.0 Å². The number of carbonyl (C=O) groups is 3. The number of piperidine rings is 1. The zero-order valence-electron chi connectivity index (χ0n) is 22.8. The van der Waals surface area contributed by atoms with Crippen LogP contribution in [0.1, 0.15) is 79.9 Å². The molecule has 4 heterocycles. The Morgan fingerprint density at radius 2 is 1.85 bits per heavy atom. The Balaban J connectivity index is 1.31. The first-order valence-electron chi connectivity index (χ1n) is 14.7. The number of likely N-dealkylation sites (N-methyl/N-ethyl adjacent to an activating group) is 1. The Morgan fingerprint density at radius 1 is 1.12 bits per heavy atom. The Kier molecular flexibility index (Phi) is 6.16. The van der Waals surface area contributed by atoms with E-state index in [9.17, 15) is 32.8 Å². The molecule has 220 valence electrons. The number of nitriles is 1. The monoisotopic (exact) mass is 574 g/mol. The Labute approximate surface area is 235 Å². The number of likely N-dealkylation sites (tertiary alicyclic amines) is 1. The summed E-state index contributed by atoms with van der Waals surface area (Å²) < 4.78 is 47.1. The highest BCUT2D eigenvalue weighted by Gasteiger charge is 2.61. The smallest absolute Gasteiger partial charge is 0.381 e. The molecule has 0 aromatic carbocycles. The highest BCUT2D eigenvalue weighted by molar-refractivity contribution is 6.06. The zero-order chi connectivity index (χ0) is 28.8. The van der Waals surface area contributed by atoms with Gasteiger partial charge in [0, 0.05) is 37.3 Å². The number of alkyl halides is 3. The van der Waals surface area contributed by atoms with Crippen LogP contribution in [0.2, 0.25) is 0 Å². The second-order valence-electron chi connectivity index (χ2n) is 12.5. The van der Waals surface area contributed by atoms with Crippen LogP contribution < -0.4 is 10.2 Å². The zero-order valence-corrected chi connectivity index (χ0v) is 22.8. The lowest BCUT2D eigenvalue weighted by Gasteiger charge is -2.39. The number of nitrogens with one attached hydrogen (secondary N) is 1. The maximum absolute atomic E-state index is 14.2. The van der Waals surface area contributed by atoms with E-state index in [1.807, 2.05) is 0 Å². The van der Waals surface area contributed by atoms with Gasteiger partial charge in [0.2, 0.25) is 5.91 Å². The molecule has 3 saturated carbocycles. The summed E-state index contributed by atoms with van der Waals surface area (Å²) in [4.78, 5) is 44.5. The van der Waals surface area contributed by atoms with E-state index >= 15 is 0 Å². The number of aromatic nitrogens is 2. The number of hydrogen-bond donors (Lipinski definition) is 1. The first kappa shape index (κ1) is 26.7. The predicted molar refractivity (Wildman–Crippen MR) is 136 cm³/mol. The van der Waals surface area contributed by atoms with Gasteiger partial charge in [-0.05, 0) is 63.7 Å². The minimum atomic E-state index is -4.46. The molecule has 7 atom stereocenters. The fourth-order valence-electron chi connectivity index (χ4n) is 7.46. The van der Waals surface area contributed by atoms with Gasteiger partial charge in [-0.1, -0.05) is 0 Å². The van der Waals surface area contributed by atoms with E-state index < -0.39 is 41.9 Å². The third-order valence-corrected chi connectivity index (χ3v) is 9.92. The van der Waals surface area contributed by atoms with E-state index in [0.29, 0.717) is 49.8 Å². The summed E-state index contributed by atoms with van der Waals surface area (Å²) in [6.45, 7) is 3.06. The number of ether oxygens (including phenoxy) is 1. The van der Waals surface area contributed by atoms with Crippen molar-refractivity contribution >= 4 is 23.5 Å². The van der Waals surface area contributed by atoms with Crippen LogP contribution in [0, 0.1) is 35.0 Å². The van der Waals surface area contributed by atoms with E-state index in [0.717, 1.165) is 19.3 Å². The molecule has 6 aliphatic rings. The SMILES string of the molecule is CCN1C(=O)[C@@H](NC(=O)C2CC2C(F)(F)F)[C@@H](C2CC2)c2c(C(=O)N3[C@H](C#N)C[C@H]4C[C@H]43)nn(C3CCOCC3)c21. The molecule has 1 N–H and O–H groups in total. The molecule has 3 amide bonds. The number of halogens is 3. The van der Waals surface area contributed by atoms with Crippen molar-refractivity contribution in [2.24, 2.45) is 23.7 Å². The lowest BCUT2D eigenvalue weighted by atomic mass is 9.82. The molecule has 41 heavy (non-hydrogen) atoms. The van der Waals surface area contributed by atoms with Gasteiger partial charge in [-0.15, -0.1) is 0 Å². The quantitative estimate of drug-likeness (QED) is 0.558. The normalized spacial score (nSPS) is 34.6. The lowest BCUT2D eigenvalue weighted by Crippen LogP contribution is -2.56. The minimum absolute atomic E-state index is 0.00688. The summed E-state index contributed by atoms with van der Waals surface area (Å²) in [5, 5.41) is 17.4. The number of fused-ring (bicyclic) bond motifs is 2. The van der Waals surface area contributed by atoms with Gasteiger partial charge < -0.3 is 15.0 Å². The maximum atomic E-state index is 14.2. The van der Waals surface area contributed by atoms with E-state index in [4.69, 9.17) is 9.84 Å². The summed E-state index contributed by atoms with van der Waals surface area (Å²) in [5.41, 5.74) is 0.778. The number of hydrogen-bond acceptors (Lipinski definition) is 6. The Morgan fingerprint density at radius 3 is 2.46 bits per heavy atom. The van der Waals surface area contributed by atoms with Crippen molar-refractivity contribution < 1.29 is 32.3 Å². The van der Waals surface area contributed by atoms with E-state index in [1.165, 1.54) is 4.90 Å². The van der Waals surface area contributed by atoms with Crippen molar-refractivity contribution in [2.45, 2.75) is 88.1 Å². The van der Waals surface area contributed by atoms with Crippen LogP contribution in [0.5, 0.6) is 0 Å². The fraction of sp³-hybridized carbons (Fsp3) is 0.750. The van der Waals surface area contributed by atoms with Crippen LogP contribution in [0.3, 0.4) is 0 Å². The van der Waals surface area contributed by atoms with Crippen molar-refractivity contribution in [2.75, 3.05) is 24.7 Å². The number of amides is 3. The third kappa shape index (κ3) is 4.32.